The van der Waals surface area contributed by atoms with Crippen LogP contribution in [0.5, 0.6) is 0 Å². The van der Waals surface area contributed by atoms with E-state index >= 15 is 0 Å². The molecule has 1 aromatic carbocycles. The Kier molecular flexibility index (Phi) is 6.25. The fourth-order valence-corrected chi connectivity index (χ4v) is 4.67. The molecule has 9 heteroatoms. The Morgan fingerprint density at radius 1 is 1.11 bits per heavy atom. The molecule has 1 amide bonds. The van der Waals surface area contributed by atoms with Crippen molar-refractivity contribution in [2.24, 2.45) is 0 Å². The highest BCUT2D eigenvalue weighted by Crippen LogP contribution is 2.37. The van der Waals surface area contributed by atoms with Crippen LogP contribution >= 0.6 is 0 Å². The predicted octanol–water partition coefficient (Wildman–Crippen LogP) is 4.80. The third-order valence-electron chi connectivity index (χ3n) is 6.31. The highest BCUT2D eigenvalue weighted by molar-refractivity contribution is 6.01. The van der Waals surface area contributed by atoms with Crippen molar-refractivity contribution in [1.29, 1.82) is 5.26 Å². The summed E-state index contributed by atoms with van der Waals surface area (Å²) in [6, 6.07) is 15.4. The van der Waals surface area contributed by atoms with Crippen LogP contribution in [0.2, 0.25) is 0 Å². The molecule has 0 saturated carbocycles. The molecule has 5 rings (SSSR count). The molecular formula is C28H29N7O2. The van der Waals surface area contributed by atoms with Crippen molar-refractivity contribution in [3.05, 3.63) is 66.7 Å². The molecular weight excluding hydrogens is 466 g/mol. The summed E-state index contributed by atoms with van der Waals surface area (Å²) in [7, 11) is 0. The smallest absolute Gasteiger partial charge is 0.410 e. The molecule has 1 fully saturated rings. The second-order valence-electron chi connectivity index (χ2n) is 10.2. The average Bonchev–Trinajstić information content (AvgIpc) is 3.28. The van der Waals surface area contributed by atoms with E-state index in [-0.39, 0.29) is 12.1 Å². The maximum atomic E-state index is 12.7. The largest absolute Gasteiger partial charge is 0.444 e. The number of nitrogens with zero attached hydrogens (tertiary/aromatic N) is 7. The first kappa shape index (κ1) is 24.3. The van der Waals surface area contributed by atoms with Gasteiger partial charge in [0.2, 0.25) is 0 Å². The van der Waals surface area contributed by atoms with Gasteiger partial charge in [-0.1, -0.05) is 12.1 Å². The molecule has 1 atom stereocenters. The second-order valence-corrected chi connectivity index (χ2v) is 10.2. The minimum Gasteiger partial charge on any atom is -0.444 e. The summed E-state index contributed by atoms with van der Waals surface area (Å²) in [5.41, 5.74) is 3.29. The molecule has 3 aromatic heterocycles. The van der Waals surface area contributed by atoms with Crippen molar-refractivity contribution >= 4 is 22.9 Å². The van der Waals surface area contributed by atoms with E-state index in [1.165, 1.54) is 0 Å². The van der Waals surface area contributed by atoms with E-state index in [4.69, 9.17) is 9.72 Å². The van der Waals surface area contributed by atoms with Gasteiger partial charge in [0, 0.05) is 49.3 Å². The molecule has 0 N–H and O–H groups in total. The number of amides is 1. The lowest BCUT2D eigenvalue weighted by Gasteiger charge is -2.41. The summed E-state index contributed by atoms with van der Waals surface area (Å²) in [5, 5.41) is 10.3. The first-order chi connectivity index (χ1) is 17.7. The molecule has 4 heterocycles. The molecule has 0 unspecified atom stereocenters. The topological polar surface area (TPSA) is 100 Å². The molecule has 1 saturated heterocycles. The van der Waals surface area contributed by atoms with Gasteiger partial charge in [-0.15, -0.1) is 0 Å². The summed E-state index contributed by atoms with van der Waals surface area (Å²) in [4.78, 5) is 30.6. The number of pyridine rings is 1. The van der Waals surface area contributed by atoms with Gasteiger partial charge >= 0.3 is 6.09 Å². The second kappa shape index (κ2) is 9.54. The van der Waals surface area contributed by atoms with Gasteiger partial charge in [-0.2, -0.15) is 5.26 Å². The molecule has 37 heavy (non-hydrogen) atoms. The molecule has 0 radical (unpaired) electrons. The Bertz CT molecular complexity index is 1480. The lowest BCUT2D eigenvalue weighted by atomic mass is 10.1. The van der Waals surface area contributed by atoms with Gasteiger partial charge in [-0.05, 0) is 58.0 Å². The number of piperazine rings is 1. The van der Waals surface area contributed by atoms with Crippen molar-refractivity contribution in [2.75, 3.05) is 24.5 Å². The van der Waals surface area contributed by atoms with E-state index in [1.807, 2.05) is 67.9 Å². The molecule has 1 aliphatic rings. The Morgan fingerprint density at radius 3 is 2.65 bits per heavy atom. The number of benzene rings is 1. The Balaban J connectivity index is 1.59. The fraction of sp³-hybridized carbons (Fsp3) is 0.321. The van der Waals surface area contributed by atoms with Crippen molar-refractivity contribution < 1.29 is 9.53 Å². The van der Waals surface area contributed by atoms with Crippen LogP contribution in [0.3, 0.4) is 0 Å². The summed E-state index contributed by atoms with van der Waals surface area (Å²) < 4.78 is 7.57. The van der Waals surface area contributed by atoms with Gasteiger partial charge in [0.05, 0.1) is 22.7 Å². The summed E-state index contributed by atoms with van der Waals surface area (Å²) in [6.07, 6.45) is 5.03. The molecule has 4 aromatic rings. The zero-order valence-corrected chi connectivity index (χ0v) is 21.4. The minimum atomic E-state index is -0.542. The van der Waals surface area contributed by atoms with Crippen LogP contribution in [-0.2, 0) is 4.74 Å². The maximum Gasteiger partial charge on any atom is 0.410 e. The van der Waals surface area contributed by atoms with Crippen LogP contribution < -0.4 is 4.90 Å². The third-order valence-corrected chi connectivity index (χ3v) is 6.31. The normalized spacial score (nSPS) is 16.0. The summed E-state index contributed by atoms with van der Waals surface area (Å²) in [5.74, 6) is 0.789. The number of hydrogen-bond acceptors (Lipinski definition) is 7. The predicted molar refractivity (Wildman–Crippen MR) is 141 cm³/mol. The van der Waals surface area contributed by atoms with Gasteiger partial charge in [-0.3, -0.25) is 4.98 Å². The van der Waals surface area contributed by atoms with Crippen LogP contribution in [0.4, 0.5) is 10.6 Å². The maximum absolute atomic E-state index is 12.7. The van der Waals surface area contributed by atoms with Gasteiger partial charge in [0.1, 0.15) is 17.7 Å². The number of carbonyl (C=O) groups is 1. The molecule has 0 bridgehead atoms. The molecule has 188 valence electrons. The van der Waals surface area contributed by atoms with Crippen molar-refractivity contribution in [2.45, 2.75) is 39.3 Å². The van der Waals surface area contributed by atoms with Crippen LogP contribution in [0.15, 0.2) is 61.2 Å². The highest BCUT2D eigenvalue weighted by Gasteiger charge is 2.32. The van der Waals surface area contributed by atoms with E-state index in [0.29, 0.717) is 25.2 Å². The number of fused-ring (bicyclic) bond motifs is 1. The third kappa shape index (κ3) is 4.83. The fourth-order valence-electron chi connectivity index (χ4n) is 4.67. The van der Waals surface area contributed by atoms with Crippen molar-refractivity contribution in [3.8, 4) is 23.0 Å². The van der Waals surface area contributed by atoms with Gasteiger partial charge in [0.15, 0.2) is 5.65 Å². The molecule has 1 aliphatic heterocycles. The number of anilines is 1. The van der Waals surface area contributed by atoms with E-state index in [9.17, 15) is 10.1 Å². The van der Waals surface area contributed by atoms with Crippen molar-refractivity contribution in [1.82, 2.24) is 24.4 Å². The number of carbonyl (C=O) groups excluding carboxylic acids is 1. The molecule has 9 nitrogen and oxygen atoms in total. The summed E-state index contributed by atoms with van der Waals surface area (Å²) >= 11 is 0. The summed E-state index contributed by atoms with van der Waals surface area (Å²) in [6.45, 7) is 9.34. The van der Waals surface area contributed by atoms with Crippen LogP contribution in [0.25, 0.3) is 28.0 Å². The van der Waals surface area contributed by atoms with E-state index in [0.717, 1.165) is 33.8 Å². The van der Waals surface area contributed by atoms with Crippen molar-refractivity contribution in [3.63, 3.8) is 0 Å². The number of hydrogen-bond donors (Lipinski definition) is 0. The zero-order valence-electron chi connectivity index (χ0n) is 21.4. The monoisotopic (exact) mass is 495 g/mol. The lowest BCUT2D eigenvalue weighted by Crippen LogP contribution is -2.54. The highest BCUT2D eigenvalue weighted by atomic mass is 16.6. The first-order valence-electron chi connectivity index (χ1n) is 12.3. The van der Waals surface area contributed by atoms with E-state index < -0.39 is 5.60 Å². The van der Waals surface area contributed by atoms with Crippen LogP contribution in [0, 0.1) is 11.3 Å². The number of aromatic nitrogens is 4. The number of ether oxygens (including phenoxy) is 1. The van der Waals surface area contributed by atoms with Gasteiger partial charge in [0.25, 0.3) is 0 Å². The van der Waals surface area contributed by atoms with Gasteiger partial charge < -0.3 is 19.1 Å². The van der Waals surface area contributed by atoms with Crippen LogP contribution in [0.1, 0.15) is 33.3 Å². The standard InChI is InChI=1S/C28H29N7O2/c1-19-16-33(27(36)37-28(2,3)4)12-13-34(19)25-24-22(23-10-5-6-11-30-23)17-35(26(24)32-18-31-25)21-9-7-8-20(14-21)15-29/h5-11,14,17-19H,12-13,16H2,1-4H3/t19-/m0/s1. The van der Waals surface area contributed by atoms with E-state index in [2.05, 4.69) is 27.9 Å². The van der Waals surface area contributed by atoms with E-state index in [1.54, 1.807) is 23.5 Å². The zero-order chi connectivity index (χ0) is 26.2. The number of rotatable bonds is 3. The molecule has 0 aliphatic carbocycles. The lowest BCUT2D eigenvalue weighted by molar-refractivity contribution is 0.0218. The first-order valence-corrected chi connectivity index (χ1v) is 12.3. The molecule has 0 spiro atoms. The Morgan fingerprint density at radius 2 is 1.95 bits per heavy atom. The SMILES string of the molecule is C[C@H]1CN(C(=O)OC(C)(C)C)CCN1c1ncnc2c1c(-c1ccccn1)cn2-c1cccc(C#N)c1. The number of nitriles is 1. The quantitative estimate of drug-likeness (QED) is 0.402. The Hall–Kier alpha value is -4.45. The minimum absolute atomic E-state index is 0.00113. The van der Waals surface area contributed by atoms with Crippen LogP contribution in [-0.4, -0.2) is 61.8 Å². The van der Waals surface area contributed by atoms with Gasteiger partial charge in [-0.25, -0.2) is 14.8 Å². The average molecular weight is 496 g/mol. The Labute approximate surface area is 216 Å².